The van der Waals surface area contributed by atoms with Crippen LogP contribution >= 0.6 is 0 Å². The van der Waals surface area contributed by atoms with E-state index in [1.807, 2.05) is 0 Å². The van der Waals surface area contributed by atoms with Crippen LogP contribution in [-0.4, -0.2) is 35.1 Å². The van der Waals surface area contributed by atoms with E-state index >= 15 is 0 Å². The predicted octanol–water partition coefficient (Wildman–Crippen LogP) is 0.193. The Labute approximate surface area is 111 Å². The summed E-state index contributed by atoms with van der Waals surface area (Å²) < 4.78 is 0. The fraction of sp³-hybridized carbons (Fsp3) is 0.750. The van der Waals surface area contributed by atoms with Crippen LogP contribution in [0.2, 0.25) is 0 Å². The summed E-state index contributed by atoms with van der Waals surface area (Å²) in [6.45, 7) is 3.30. The topological polar surface area (TPSA) is 122 Å². The molecule has 0 aromatic heterocycles. The summed E-state index contributed by atoms with van der Waals surface area (Å²) in [6.07, 6.45) is 2.00. The monoisotopic (exact) mass is 271 g/mol. The summed E-state index contributed by atoms with van der Waals surface area (Å²) in [6, 6.07) is -1.24. The molecule has 7 heteroatoms. The van der Waals surface area contributed by atoms with Crippen LogP contribution in [0.25, 0.3) is 0 Å². The molecule has 3 unspecified atom stereocenters. The average molecular weight is 271 g/mol. The number of carbonyl (C=O) groups excluding carboxylic acids is 2. The average Bonchev–Trinajstić information content (AvgIpc) is 2.59. The minimum absolute atomic E-state index is 0.0499. The van der Waals surface area contributed by atoms with Crippen molar-refractivity contribution in [3.05, 3.63) is 0 Å². The number of urea groups is 1. The molecule has 1 rings (SSSR count). The first-order valence-electron chi connectivity index (χ1n) is 6.34. The maximum Gasteiger partial charge on any atom is 0.315 e. The maximum atomic E-state index is 11.7. The van der Waals surface area contributed by atoms with Crippen molar-refractivity contribution in [1.29, 1.82) is 0 Å². The molecule has 0 aliphatic heterocycles. The number of primary amides is 1. The number of carboxylic acid groups (broad SMARTS) is 1. The minimum atomic E-state index is -0.926. The fourth-order valence-electron chi connectivity index (χ4n) is 2.43. The summed E-state index contributed by atoms with van der Waals surface area (Å²) in [4.78, 5) is 33.7. The Morgan fingerprint density at radius 1 is 1.47 bits per heavy atom. The van der Waals surface area contributed by atoms with Crippen LogP contribution in [0.15, 0.2) is 0 Å². The smallest absolute Gasteiger partial charge is 0.315 e. The van der Waals surface area contributed by atoms with Crippen molar-refractivity contribution in [3.8, 4) is 0 Å². The van der Waals surface area contributed by atoms with Gasteiger partial charge in [-0.05, 0) is 26.7 Å². The van der Waals surface area contributed by atoms with Crippen molar-refractivity contribution in [2.75, 3.05) is 0 Å². The molecule has 0 aromatic carbocycles. The van der Waals surface area contributed by atoms with Crippen LogP contribution in [-0.2, 0) is 9.59 Å². The molecule has 108 valence electrons. The molecule has 0 bridgehead atoms. The van der Waals surface area contributed by atoms with Gasteiger partial charge in [-0.15, -0.1) is 0 Å². The molecule has 3 amide bonds. The van der Waals surface area contributed by atoms with Gasteiger partial charge in [0.25, 0.3) is 0 Å². The number of hydrogen-bond acceptors (Lipinski definition) is 3. The van der Waals surface area contributed by atoms with Gasteiger partial charge in [-0.25, -0.2) is 4.79 Å². The maximum absolute atomic E-state index is 11.7. The second-order valence-electron chi connectivity index (χ2n) is 5.36. The molecule has 19 heavy (non-hydrogen) atoms. The highest BCUT2D eigenvalue weighted by molar-refractivity contribution is 5.80. The van der Waals surface area contributed by atoms with Gasteiger partial charge in [-0.3, -0.25) is 9.59 Å². The number of rotatable bonds is 5. The highest BCUT2D eigenvalue weighted by atomic mass is 16.4. The zero-order valence-corrected chi connectivity index (χ0v) is 11.2. The van der Waals surface area contributed by atoms with E-state index in [1.165, 1.54) is 0 Å². The summed E-state index contributed by atoms with van der Waals surface area (Å²) in [5.41, 5.74) is 4.10. The van der Waals surface area contributed by atoms with Crippen molar-refractivity contribution >= 4 is 17.9 Å². The van der Waals surface area contributed by atoms with Gasteiger partial charge in [-0.1, -0.05) is 6.42 Å². The molecule has 1 aliphatic carbocycles. The lowest BCUT2D eigenvalue weighted by Gasteiger charge is -2.28. The van der Waals surface area contributed by atoms with E-state index in [9.17, 15) is 19.5 Å². The Bertz CT molecular complexity index is 385. The molecule has 0 heterocycles. The van der Waals surface area contributed by atoms with Crippen molar-refractivity contribution < 1.29 is 19.5 Å². The van der Waals surface area contributed by atoms with Crippen LogP contribution in [0.3, 0.4) is 0 Å². The Morgan fingerprint density at radius 3 is 2.63 bits per heavy atom. The Morgan fingerprint density at radius 2 is 2.11 bits per heavy atom. The largest absolute Gasteiger partial charge is 0.481 e. The number of aliphatic carboxylic acids is 1. The molecule has 0 spiro atoms. The molecule has 1 aliphatic rings. The predicted molar refractivity (Wildman–Crippen MR) is 68.3 cm³/mol. The molecule has 7 nitrogen and oxygen atoms in total. The normalized spacial score (nSPS) is 27.6. The van der Waals surface area contributed by atoms with E-state index in [-0.39, 0.29) is 12.5 Å². The van der Waals surface area contributed by atoms with Crippen LogP contribution < -0.4 is 16.4 Å². The fourth-order valence-corrected chi connectivity index (χ4v) is 2.43. The van der Waals surface area contributed by atoms with Crippen molar-refractivity contribution in [2.24, 2.45) is 11.1 Å². The third-order valence-electron chi connectivity index (χ3n) is 3.64. The first-order valence-corrected chi connectivity index (χ1v) is 6.34. The van der Waals surface area contributed by atoms with Crippen molar-refractivity contribution in [1.82, 2.24) is 10.6 Å². The summed E-state index contributed by atoms with van der Waals surface area (Å²) in [5.74, 6) is -1.40. The van der Waals surface area contributed by atoms with E-state index in [4.69, 9.17) is 5.73 Å². The first kappa shape index (κ1) is 15.3. The standard InChI is InChI=1S/C12H21N3O4/c1-7(6-9(13)16)14-11(19)15-8-4-3-5-12(8,2)10(17)18/h7-8H,3-6H2,1-2H3,(H2,13,16)(H,17,18)(H2,14,15,19). The van der Waals surface area contributed by atoms with E-state index in [0.29, 0.717) is 12.8 Å². The molecular weight excluding hydrogens is 250 g/mol. The third kappa shape index (κ3) is 3.84. The summed E-state index contributed by atoms with van der Waals surface area (Å²) in [5, 5.41) is 14.5. The van der Waals surface area contributed by atoms with Crippen LogP contribution in [0, 0.1) is 5.41 Å². The zero-order valence-electron chi connectivity index (χ0n) is 11.2. The quantitative estimate of drug-likeness (QED) is 0.570. The molecule has 3 atom stereocenters. The van der Waals surface area contributed by atoms with Crippen LogP contribution in [0.4, 0.5) is 4.79 Å². The molecule has 0 aromatic rings. The second-order valence-corrected chi connectivity index (χ2v) is 5.36. The Kier molecular flexibility index (Phi) is 4.74. The van der Waals surface area contributed by atoms with E-state index < -0.39 is 29.4 Å². The van der Waals surface area contributed by atoms with E-state index in [2.05, 4.69) is 10.6 Å². The number of carboxylic acids is 1. The lowest BCUT2D eigenvalue weighted by Crippen LogP contribution is -2.52. The highest BCUT2D eigenvalue weighted by Gasteiger charge is 2.45. The van der Waals surface area contributed by atoms with Crippen LogP contribution in [0.5, 0.6) is 0 Å². The lowest BCUT2D eigenvalue weighted by atomic mass is 9.85. The molecule has 5 N–H and O–H groups in total. The highest BCUT2D eigenvalue weighted by Crippen LogP contribution is 2.38. The van der Waals surface area contributed by atoms with Gasteiger partial charge in [-0.2, -0.15) is 0 Å². The molecule has 0 radical (unpaired) electrons. The van der Waals surface area contributed by atoms with E-state index in [1.54, 1.807) is 13.8 Å². The number of nitrogens with one attached hydrogen (secondary N) is 2. The van der Waals surface area contributed by atoms with Crippen molar-refractivity contribution in [3.63, 3.8) is 0 Å². The third-order valence-corrected chi connectivity index (χ3v) is 3.64. The molecule has 1 fully saturated rings. The molecule has 0 saturated heterocycles. The summed E-state index contributed by atoms with van der Waals surface area (Å²) in [7, 11) is 0. The number of nitrogens with two attached hydrogens (primary N) is 1. The van der Waals surface area contributed by atoms with Gasteiger partial charge in [0.1, 0.15) is 0 Å². The Hall–Kier alpha value is -1.79. The van der Waals surface area contributed by atoms with Gasteiger partial charge in [0.05, 0.1) is 5.41 Å². The number of amides is 3. The SMILES string of the molecule is CC(CC(N)=O)NC(=O)NC1CCCC1(C)C(=O)O. The number of hydrogen-bond donors (Lipinski definition) is 4. The van der Waals surface area contributed by atoms with Gasteiger partial charge in [0.2, 0.25) is 5.91 Å². The molecule has 1 saturated carbocycles. The van der Waals surface area contributed by atoms with Gasteiger partial charge in [0.15, 0.2) is 0 Å². The van der Waals surface area contributed by atoms with Crippen LogP contribution in [0.1, 0.15) is 39.5 Å². The van der Waals surface area contributed by atoms with E-state index in [0.717, 1.165) is 6.42 Å². The Balaban J connectivity index is 2.52. The zero-order chi connectivity index (χ0) is 14.6. The van der Waals surface area contributed by atoms with Gasteiger partial charge < -0.3 is 21.5 Å². The molecular formula is C12H21N3O4. The van der Waals surface area contributed by atoms with Gasteiger partial charge >= 0.3 is 12.0 Å². The second kappa shape index (κ2) is 5.90. The van der Waals surface area contributed by atoms with Gasteiger partial charge in [0, 0.05) is 18.5 Å². The summed E-state index contributed by atoms with van der Waals surface area (Å²) >= 11 is 0. The minimum Gasteiger partial charge on any atom is -0.481 e. The number of carbonyl (C=O) groups is 3. The first-order chi connectivity index (χ1) is 8.75. The van der Waals surface area contributed by atoms with Crippen molar-refractivity contribution in [2.45, 2.75) is 51.6 Å². The lowest BCUT2D eigenvalue weighted by molar-refractivity contribution is -0.148.